The summed E-state index contributed by atoms with van der Waals surface area (Å²) in [5.41, 5.74) is 7.15. The standard InChI is InChI=1S/C50H30F3N3/c51-50(52,53)49-47(55-43-20-9-7-18-39(43)41-24-22-36(27-45(41)55)33-13-3-1-4-14-33)29-38(35-17-11-12-32(26-35)31-54)30-48(49)56-44-21-10-8-19-40(44)42-25-23-37(28-46(42)56)34-15-5-2-6-16-34/h1-30H. The van der Waals surface area contributed by atoms with Crippen LogP contribution in [0.15, 0.2) is 182 Å². The Hall–Kier alpha value is -7.36. The average molecular weight is 730 g/mol. The van der Waals surface area contributed by atoms with E-state index < -0.39 is 11.7 Å². The van der Waals surface area contributed by atoms with Crippen LogP contribution < -0.4 is 0 Å². The summed E-state index contributed by atoms with van der Waals surface area (Å²) in [5.74, 6) is 0. The van der Waals surface area contributed by atoms with Gasteiger partial charge in [0.15, 0.2) is 0 Å². The van der Waals surface area contributed by atoms with E-state index in [0.717, 1.165) is 43.8 Å². The van der Waals surface area contributed by atoms with Gasteiger partial charge in [-0.1, -0.05) is 133 Å². The fraction of sp³-hybridized carbons (Fsp3) is 0.0200. The Morgan fingerprint density at radius 1 is 0.375 bits per heavy atom. The van der Waals surface area contributed by atoms with Gasteiger partial charge in [0.1, 0.15) is 5.56 Å². The van der Waals surface area contributed by atoms with Crippen LogP contribution in [0.1, 0.15) is 11.1 Å². The molecule has 0 atom stereocenters. The van der Waals surface area contributed by atoms with Crippen molar-refractivity contribution >= 4 is 43.6 Å². The van der Waals surface area contributed by atoms with Gasteiger partial charge in [0.2, 0.25) is 0 Å². The number of alkyl halides is 3. The highest BCUT2D eigenvalue weighted by Crippen LogP contribution is 2.47. The van der Waals surface area contributed by atoms with Crippen molar-refractivity contribution in [3.05, 3.63) is 193 Å². The summed E-state index contributed by atoms with van der Waals surface area (Å²) in [5, 5.41) is 13.3. The highest BCUT2D eigenvalue weighted by molar-refractivity contribution is 6.12. The first-order valence-electron chi connectivity index (χ1n) is 18.3. The molecule has 10 rings (SSSR count). The van der Waals surface area contributed by atoms with Crippen molar-refractivity contribution in [1.29, 1.82) is 5.26 Å². The minimum Gasteiger partial charge on any atom is -0.309 e. The van der Waals surface area contributed by atoms with Crippen LogP contribution in [0.2, 0.25) is 0 Å². The molecule has 0 unspecified atom stereocenters. The van der Waals surface area contributed by atoms with Crippen molar-refractivity contribution in [2.45, 2.75) is 6.18 Å². The molecule has 6 heteroatoms. The van der Waals surface area contributed by atoms with Gasteiger partial charge in [-0.25, -0.2) is 0 Å². The summed E-state index contributed by atoms with van der Waals surface area (Å²) >= 11 is 0. The Labute approximate surface area is 320 Å². The molecule has 2 heterocycles. The van der Waals surface area contributed by atoms with Crippen LogP contribution in [0.4, 0.5) is 13.2 Å². The number of halogens is 3. The zero-order chi connectivity index (χ0) is 38.0. The Morgan fingerprint density at radius 3 is 1.29 bits per heavy atom. The first kappa shape index (κ1) is 33.2. The first-order chi connectivity index (χ1) is 27.4. The van der Waals surface area contributed by atoms with E-state index in [0.29, 0.717) is 38.8 Å². The van der Waals surface area contributed by atoms with Gasteiger partial charge in [-0.15, -0.1) is 0 Å². The summed E-state index contributed by atoms with van der Waals surface area (Å²) in [7, 11) is 0. The highest BCUT2D eigenvalue weighted by Gasteiger charge is 2.39. The van der Waals surface area contributed by atoms with Gasteiger partial charge in [-0.05, 0) is 81.9 Å². The van der Waals surface area contributed by atoms with E-state index in [1.807, 2.05) is 152 Å². The third-order valence-corrected chi connectivity index (χ3v) is 10.7. The number of benzene rings is 8. The molecule has 266 valence electrons. The Balaban J connectivity index is 1.38. The van der Waals surface area contributed by atoms with E-state index >= 15 is 13.2 Å². The molecule has 0 fully saturated rings. The van der Waals surface area contributed by atoms with Crippen LogP contribution in [0.5, 0.6) is 0 Å². The van der Waals surface area contributed by atoms with Crippen LogP contribution in [-0.4, -0.2) is 9.13 Å². The summed E-state index contributed by atoms with van der Waals surface area (Å²) in [4.78, 5) is 0. The van der Waals surface area contributed by atoms with Gasteiger partial charge in [0.05, 0.1) is 45.1 Å². The number of para-hydroxylation sites is 2. The smallest absolute Gasteiger partial charge is 0.309 e. The van der Waals surface area contributed by atoms with Gasteiger partial charge >= 0.3 is 6.18 Å². The topological polar surface area (TPSA) is 33.6 Å². The van der Waals surface area contributed by atoms with Gasteiger partial charge in [0.25, 0.3) is 0 Å². The molecule has 56 heavy (non-hydrogen) atoms. The first-order valence-corrected chi connectivity index (χ1v) is 18.3. The molecule has 0 aliphatic heterocycles. The van der Waals surface area contributed by atoms with E-state index in [-0.39, 0.29) is 11.4 Å². The Morgan fingerprint density at radius 2 is 0.804 bits per heavy atom. The lowest BCUT2D eigenvalue weighted by molar-refractivity contribution is -0.137. The molecule has 0 amide bonds. The second kappa shape index (κ2) is 12.9. The van der Waals surface area contributed by atoms with E-state index in [4.69, 9.17) is 0 Å². The lowest BCUT2D eigenvalue weighted by Gasteiger charge is -2.23. The number of fused-ring (bicyclic) bond motifs is 6. The summed E-state index contributed by atoms with van der Waals surface area (Å²) in [6, 6.07) is 59.5. The zero-order valence-electron chi connectivity index (χ0n) is 29.8. The van der Waals surface area contributed by atoms with Crippen molar-refractivity contribution in [1.82, 2.24) is 9.13 Å². The number of hydrogen-bond acceptors (Lipinski definition) is 1. The van der Waals surface area contributed by atoms with Crippen LogP contribution in [-0.2, 0) is 6.18 Å². The molecule has 0 aliphatic rings. The van der Waals surface area contributed by atoms with Crippen LogP contribution in [0.25, 0.3) is 88.4 Å². The summed E-state index contributed by atoms with van der Waals surface area (Å²) < 4.78 is 52.6. The van der Waals surface area contributed by atoms with Crippen molar-refractivity contribution in [3.63, 3.8) is 0 Å². The molecule has 0 saturated heterocycles. The van der Waals surface area contributed by atoms with Gasteiger partial charge in [0, 0.05) is 21.5 Å². The molecule has 0 radical (unpaired) electrons. The predicted octanol–water partition coefficient (Wildman–Crippen LogP) is 13.8. The number of aromatic nitrogens is 2. The maximum absolute atomic E-state index is 16.4. The third kappa shape index (κ3) is 5.36. The monoisotopic (exact) mass is 729 g/mol. The lowest BCUT2D eigenvalue weighted by atomic mass is 9.97. The van der Waals surface area contributed by atoms with E-state index in [9.17, 15) is 5.26 Å². The van der Waals surface area contributed by atoms with Crippen LogP contribution in [0.3, 0.4) is 0 Å². The fourth-order valence-electron chi connectivity index (χ4n) is 8.27. The maximum atomic E-state index is 16.4. The molecular formula is C50H30F3N3. The molecular weight excluding hydrogens is 700 g/mol. The van der Waals surface area contributed by atoms with Crippen LogP contribution >= 0.6 is 0 Å². The van der Waals surface area contributed by atoms with Gasteiger partial charge < -0.3 is 9.13 Å². The second-order valence-corrected chi connectivity index (χ2v) is 14.0. The minimum absolute atomic E-state index is 0.00563. The number of nitriles is 1. The zero-order valence-corrected chi connectivity index (χ0v) is 29.8. The van der Waals surface area contributed by atoms with Crippen molar-refractivity contribution in [3.8, 4) is 50.8 Å². The number of hydrogen-bond donors (Lipinski definition) is 0. The molecule has 0 aliphatic carbocycles. The molecule has 8 aromatic carbocycles. The van der Waals surface area contributed by atoms with Crippen molar-refractivity contribution in [2.24, 2.45) is 0 Å². The average Bonchev–Trinajstić information content (AvgIpc) is 3.75. The predicted molar refractivity (Wildman–Crippen MR) is 221 cm³/mol. The second-order valence-electron chi connectivity index (χ2n) is 14.0. The van der Waals surface area contributed by atoms with Crippen molar-refractivity contribution < 1.29 is 13.2 Å². The number of rotatable bonds is 5. The van der Waals surface area contributed by atoms with Crippen LogP contribution in [0, 0.1) is 11.3 Å². The van der Waals surface area contributed by atoms with E-state index in [2.05, 4.69) is 6.07 Å². The van der Waals surface area contributed by atoms with E-state index in [1.54, 1.807) is 39.5 Å². The highest BCUT2D eigenvalue weighted by atomic mass is 19.4. The maximum Gasteiger partial charge on any atom is 0.420 e. The molecule has 3 nitrogen and oxygen atoms in total. The summed E-state index contributed by atoms with van der Waals surface area (Å²) in [6.07, 6.45) is -4.79. The SMILES string of the molecule is N#Cc1cccc(-c2cc(-n3c4ccccc4c4ccc(-c5ccccc5)cc43)c(C(F)(F)F)c(-n3c4ccccc4c4ccc(-c5ccccc5)cc43)c2)c1. The molecule has 0 saturated carbocycles. The minimum atomic E-state index is -4.79. The van der Waals surface area contributed by atoms with Gasteiger partial charge in [-0.2, -0.15) is 18.4 Å². The molecule has 0 spiro atoms. The Bertz CT molecular complexity index is 3010. The third-order valence-electron chi connectivity index (χ3n) is 10.7. The van der Waals surface area contributed by atoms with E-state index in [1.165, 1.54) is 0 Å². The van der Waals surface area contributed by atoms with Crippen molar-refractivity contribution in [2.75, 3.05) is 0 Å². The molecule has 10 aromatic rings. The Kier molecular flexibility index (Phi) is 7.65. The fourth-order valence-corrected chi connectivity index (χ4v) is 8.27. The quantitative estimate of drug-likeness (QED) is 0.174. The molecule has 0 bridgehead atoms. The lowest BCUT2D eigenvalue weighted by Crippen LogP contribution is -2.16. The largest absolute Gasteiger partial charge is 0.420 e. The molecule has 0 N–H and O–H groups in total. The number of nitrogens with zero attached hydrogens (tertiary/aromatic N) is 3. The van der Waals surface area contributed by atoms with Gasteiger partial charge in [-0.3, -0.25) is 0 Å². The normalized spacial score (nSPS) is 11.8. The molecule has 2 aromatic heterocycles. The summed E-state index contributed by atoms with van der Waals surface area (Å²) in [6.45, 7) is 0.